The summed E-state index contributed by atoms with van der Waals surface area (Å²) in [5, 5.41) is 7.81. The van der Waals surface area contributed by atoms with Crippen molar-refractivity contribution in [3.05, 3.63) is 83.0 Å². The fourth-order valence-electron chi connectivity index (χ4n) is 3.56. The molecule has 0 unspecified atom stereocenters. The molecule has 0 spiro atoms. The lowest BCUT2D eigenvalue weighted by Crippen LogP contribution is -2.28. The maximum absolute atomic E-state index is 12.5. The van der Waals surface area contributed by atoms with Crippen LogP contribution in [0.15, 0.2) is 71.8 Å². The first-order valence-corrected chi connectivity index (χ1v) is 10.6. The number of esters is 1. The number of hydrogen-bond acceptors (Lipinski definition) is 6. The Bertz CT molecular complexity index is 1390. The molecule has 0 aliphatic heterocycles. The lowest BCUT2D eigenvalue weighted by Gasteiger charge is -2.10. The Morgan fingerprint density at radius 2 is 1.82 bits per heavy atom. The van der Waals surface area contributed by atoms with Crippen LogP contribution in [-0.4, -0.2) is 37.8 Å². The van der Waals surface area contributed by atoms with Crippen LogP contribution in [0.3, 0.4) is 0 Å². The molecule has 0 saturated heterocycles. The predicted octanol–water partition coefficient (Wildman–Crippen LogP) is 2.64. The van der Waals surface area contributed by atoms with E-state index in [4.69, 9.17) is 4.74 Å². The second kappa shape index (κ2) is 8.70. The van der Waals surface area contributed by atoms with Gasteiger partial charge in [-0.05, 0) is 37.1 Å². The standard InChI is InChI=1S/C24H21N5O4/c30-22(14-33-23(31)13-28-15-25-19-9-5-4-8-18(19)24(28)32)26-21-12-20(16-10-11-16)27-29(21)17-6-2-1-3-7-17/h1-9,12,15-16H,10-11,13-14H2,(H,26,30). The summed E-state index contributed by atoms with van der Waals surface area (Å²) in [6.07, 6.45) is 3.46. The van der Waals surface area contributed by atoms with E-state index in [1.54, 1.807) is 28.9 Å². The van der Waals surface area contributed by atoms with E-state index in [0.29, 0.717) is 22.6 Å². The van der Waals surface area contributed by atoms with Gasteiger partial charge in [-0.1, -0.05) is 30.3 Å². The van der Waals surface area contributed by atoms with Crippen molar-refractivity contribution in [2.24, 2.45) is 0 Å². The molecule has 0 bridgehead atoms. The number of carbonyl (C=O) groups excluding carboxylic acids is 2. The summed E-state index contributed by atoms with van der Waals surface area (Å²) in [6, 6.07) is 18.2. The Balaban J connectivity index is 1.24. The second-order valence-corrected chi connectivity index (χ2v) is 7.88. The Hall–Kier alpha value is -4.27. The number of para-hydroxylation sites is 2. The van der Waals surface area contributed by atoms with E-state index in [9.17, 15) is 14.4 Å². The third kappa shape index (κ3) is 4.52. The van der Waals surface area contributed by atoms with Crippen LogP contribution in [0.25, 0.3) is 16.6 Å². The number of rotatable bonds is 7. The van der Waals surface area contributed by atoms with E-state index in [1.807, 2.05) is 36.4 Å². The average molecular weight is 443 g/mol. The van der Waals surface area contributed by atoms with Crippen LogP contribution >= 0.6 is 0 Å². The molecule has 1 amide bonds. The van der Waals surface area contributed by atoms with Crippen LogP contribution in [0, 0.1) is 0 Å². The minimum Gasteiger partial charge on any atom is -0.454 e. The van der Waals surface area contributed by atoms with Gasteiger partial charge in [0.05, 0.1) is 28.6 Å². The average Bonchev–Trinajstić information content (AvgIpc) is 3.61. The molecule has 166 valence electrons. The molecule has 5 rings (SSSR count). The fraction of sp³-hybridized carbons (Fsp3) is 0.208. The van der Waals surface area contributed by atoms with E-state index in [0.717, 1.165) is 28.8 Å². The summed E-state index contributed by atoms with van der Waals surface area (Å²) in [6.45, 7) is -0.814. The van der Waals surface area contributed by atoms with Gasteiger partial charge in [0.2, 0.25) is 0 Å². The molecule has 0 atom stereocenters. The summed E-state index contributed by atoms with van der Waals surface area (Å²) >= 11 is 0. The van der Waals surface area contributed by atoms with Crippen LogP contribution in [0.5, 0.6) is 0 Å². The molecule has 2 aromatic heterocycles. The lowest BCUT2D eigenvalue weighted by molar-refractivity contribution is -0.147. The van der Waals surface area contributed by atoms with Crippen LogP contribution in [-0.2, 0) is 20.9 Å². The number of aromatic nitrogens is 4. The van der Waals surface area contributed by atoms with Gasteiger partial charge in [-0.2, -0.15) is 5.10 Å². The first kappa shape index (κ1) is 20.6. The van der Waals surface area contributed by atoms with Gasteiger partial charge in [-0.3, -0.25) is 19.0 Å². The highest BCUT2D eigenvalue weighted by Gasteiger charge is 2.28. The molecule has 1 fully saturated rings. The summed E-state index contributed by atoms with van der Waals surface area (Å²) in [5.74, 6) is -0.275. The molecule has 9 heteroatoms. The zero-order valence-electron chi connectivity index (χ0n) is 17.7. The smallest absolute Gasteiger partial charge is 0.326 e. The molecule has 9 nitrogen and oxygen atoms in total. The molecule has 1 aliphatic carbocycles. The van der Waals surface area contributed by atoms with Gasteiger partial charge in [0.25, 0.3) is 11.5 Å². The Morgan fingerprint density at radius 3 is 2.61 bits per heavy atom. The predicted molar refractivity (Wildman–Crippen MR) is 121 cm³/mol. The van der Waals surface area contributed by atoms with Gasteiger partial charge in [-0.25, -0.2) is 9.67 Å². The van der Waals surface area contributed by atoms with E-state index in [2.05, 4.69) is 15.4 Å². The van der Waals surface area contributed by atoms with Gasteiger partial charge in [-0.15, -0.1) is 0 Å². The molecule has 1 N–H and O–H groups in total. The van der Waals surface area contributed by atoms with Crippen molar-refractivity contribution in [3.63, 3.8) is 0 Å². The third-order valence-electron chi connectivity index (χ3n) is 5.39. The monoisotopic (exact) mass is 443 g/mol. The number of nitrogens with zero attached hydrogens (tertiary/aromatic N) is 4. The fourth-order valence-corrected chi connectivity index (χ4v) is 3.56. The van der Waals surface area contributed by atoms with Gasteiger partial charge < -0.3 is 10.1 Å². The molecule has 1 aliphatic rings. The van der Waals surface area contributed by atoms with Crippen molar-refractivity contribution in [2.75, 3.05) is 11.9 Å². The van der Waals surface area contributed by atoms with Crippen LogP contribution < -0.4 is 10.9 Å². The van der Waals surface area contributed by atoms with Crippen molar-refractivity contribution < 1.29 is 14.3 Å². The number of amides is 1. The second-order valence-electron chi connectivity index (χ2n) is 7.88. The largest absolute Gasteiger partial charge is 0.454 e. The number of fused-ring (bicyclic) bond motifs is 1. The number of ether oxygens (including phenoxy) is 1. The van der Waals surface area contributed by atoms with Crippen molar-refractivity contribution in [1.29, 1.82) is 0 Å². The molecule has 4 aromatic rings. The van der Waals surface area contributed by atoms with Crippen molar-refractivity contribution in [2.45, 2.75) is 25.3 Å². The number of carbonyl (C=O) groups is 2. The first-order chi connectivity index (χ1) is 16.1. The molecule has 1 saturated carbocycles. The summed E-state index contributed by atoms with van der Waals surface area (Å²) in [7, 11) is 0. The normalized spacial score (nSPS) is 13.1. The quantitative estimate of drug-likeness (QED) is 0.440. The molecule has 2 aromatic carbocycles. The highest BCUT2D eigenvalue weighted by Crippen LogP contribution is 2.40. The summed E-state index contributed by atoms with van der Waals surface area (Å²) in [5.41, 5.74) is 1.95. The first-order valence-electron chi connectivity index (χ1n) is 10.6. The molecule has 33 heavy (non-hydrogen) atoms. The van der Waals surface area contributed by atoms with Crippen LogP contribution in [0.1, 0.15) is 24.5 Å². The Labute approximate surface area is 188 Å². The van der Waals surface area contributed by atoms with Gasteiger partial charge >= 0.3 is 5.97 Å². The lowest BCUT2D eigenvalue weighted by atomic mass is 10.2. The van der Waals surface area contributed by atoms with Gasteiger partial charge in [0.15, 0.2) is 6.61 Å². The molecular weight excluding hydrogens is 422 g/mol. The highest BCUT2D eigenvalue weighted by atomic mass is 16.5. The summed E-state index contributed by atoms with van der Waals surface area (Å²) < 4.78 is 7.93. The minimum absolute atomic E-state index is 0.336. The van der Waals surface area contributed by atoms with Gasteiger partial charge in [0.1, 0.15) is 12.4 Å². The molecule has 0 radical (unpaired) electrons. The van der Waals surface area contributed by atoms with E-state index >= 15 is 0 Å². The van der Waals surface area contributed by atoms with E-state index in [1.165, 1.54) is 6.33 Å². The molecular formula is C24H21N5O4. The Morgan fingerprint density at radius 1 is 1.06 bits per heavy atom. The SMILES string of the molecule is O=C(COC(=O)Cn1cnc2ccccc2c1=O)Nc1cc(C2CC2)nn1-c1ccccc1. The zero-order chi connectivity index (χ0) is 22.8. The zero-order valence-corrected chi connectivity index (χ0v) is 17.7. The minimum atomic E-state index is -0.709. The Kier molecular flexibility index (Phi) is 5.43. The number of hydrogen-bond donors (Lipinski definition) is 1. The van der Waals surface area contributed by atoms with Gasteiger partial charge in [0, 0.05) is 12.0 Å². The third-order valence-corrected chi connectivity index (χ3v) is 5.39. The van der Waals surface area contributed by atoms with Crippen molar-refractivity contribution in [1.82, 2.24) is 19.3 Å². The summed E-state index contributed by atoms with van der Waals surface area (Å²) in [4.78, 5) is 41.4. The maximum atomic E-state index is 12.5. The van der Waals surface area contributed by atoms with Crippen molar-refractivity contribution >= 4 is 28.6 Å². The van der Waals surface area contributed by atoms with Crippen molar-refractivity contribution in [3.8, 4) is 5.69 Å². The van der Waals surface area contributed by atoms with Crippen LogP contribution in [0.4, 0.5) is 5.82 Å². The number of anilines is 1. The number of nitrogens with one attached hydrogen (secondary N) is 1. The van der Waals surface area contributed by atoms with Crippen LogP contribution in [0.2, 0.25) is 0 Å². The number of benzene rings is 2. The maximum Gasteiger partial charge on any atom is 0.326 e. The highest BCUT2D eigenvalue weighted by molar-refractivity contribution is 5.92. The topological polar surface area (TPSA) is 108 Å². The molecule has 2 heterocycles. The van der Waals surface area contributed by atoms with E-state index < -0.39 is 18.5 Å². The van der Waals surface area contributed by atoms with E-state index in [-0.39, 0.29) is 12.1 Å².